The van der Waals surface area contributed by atoms with Gasteiger partial charge in [-0.25, -0.2) is 9.18 Å². The molecule has 0 aromatic heterocycles. The first-order valence-corrected chi connectivity index (χ1v) is 13.3. The fourth-order valence-corrected chi connectivity index (χ4v) is 5.36. The zero-order valence-corrected chi connectivity index (χ0v) is 22.3. The number of nitrogens with two attached hydrogens (primary N) is 1. The van der Waals surface area contributed by atoms with Crippen molar-refractivity contribution in [2.24, 2.45) is 11.7 Å². The van der Waals surface area contributed by atoms with Crippen molar-refractivity contribution < 1.29 is 28.9 Å². The van der Waals surface area contributed by atoms with Crippen LogP contribution < -0.4 is 11.1 Å². The number of hydrogen-bond donors (Lipinski definition) is 4. The smallest absolute Gasteiger partial charge is 0.406 e. The molecule has 2 aromatic carbocycles. The number of ether oxygens (including phenoxy) is 1. The second-order valence-corrected chi connectivity index (χ2v) is 9.88. The molecular weight excluding hydrogens is 489 g/mol. The lowest BCUT2D eigenvalue weighted by Crippen LogP contribution is -2.51. The summed E-state index contributed by atoms with van der Waals surface area (Å²) >= 11 is 0. The number of piperidine rings is 1. The van der Waals surface area contributed by atoms with Crippen molar-refractivity contribution >= 4 is 12.0 Å². The Morgan fingerprint density at radius 3 is 2.76 bits per heavy atom. The first kappa shape index (κ1) is 29.5. The maximum absolute atomic E-state index is 15.5. The molecule has 0 bridgehead atoms. The van der Waals surface area contributed by atoms with Gasteiger partial charge in [-0.3, -0.25) is 4.79 Å². The number of aliphatic hydroxyl groups is 2. The van der Waals surface area contributed by atoms with Crippen LogP contribution >= 0.6 is 0 Å². The fourth-order valence-electron chi connectivity index (χ4n) is 5.36. The summed E-state index contributed by atoms with van der Waals surface area (Å²) in [6.45, 7) is 3.15. The molecule has 0 spiro atoms. The van der Waals surface area contributed by atoms with Gasteiger partial charge in [-0.15, -0.1) is 0 Å². The third-order valence-corrected chi connectivity index (χ3v) is 7.43. The molecule has 0 unspecified atom stereocenters. The molecule has 0 radical (unpaired) electrons. The maximum Gasteiger partial charge on any atom is 0.406 e. The Morgan fingerprint density at radius 2 is 2.05 bits per heavy atom. The Morgan fingerprint density at radius 1 is 1.29 bits per heavy atom. The summed E-state index contributed by atoms with van der Waals surface area (Å²) in [6, 6.07) is 12.3. The number of aryl methyl sites for hydroxylation is 1. The van der Waals surface area contributed by atoms with E-state index in [4.69, 9.17) is 5.73 Å². The SMILES string of the molecule is CCc1cccc(-c2c(F)cccc2[C@](O)(CCCNC(=O)OC)[C@@H]2CCCN(C(=O)[C@@H](O)CCN)C2)c1. The van der Waals surface area contributed by atoms with Gasteiger partial charge in [0.2, 0.25) is 0 Å². The van der Waals surface area contributed by atoms with Crippen molar-refractivity contribution in [3.05, 3.63) is 59.4 Å². The lowest BCUT2D eigenvalue weighted by molar-refractivity contribution is -0.145. The number of benzene rings is 2. The minimum Gasteiger partial charge on any atom is -0.453 e. The Labute approximate surface area is 224 Å². The molecule has 0 saturated carbocycles. The Bertz CT molecular complexity index is 1100. The van der Waals surface area contributed by atoms with E-state index in [1.807, 2.05) is 31.2 Å². The van der Waals surface area contributed by atoms with E-state index in [0.717, 1.165) is 12.0 Å². The van der Waals surface area contributed by atoms with Crippen LogP contribution in [-0.2, 0) is 21.6 Å². The number of likely N-dealkylation sites (tertiary alicyclic amines) is 1. The number of carbonyl (C=O) groups is 2. The second kappa shape index (κ2) is 13.7. The highest BCUT2D eigenvalue weighted by atomic mass is 19.1. The Balaban J connectivity index is 2.02. The van der Waals surface area contributed by atoms with Crippen LogP contribution in [0.1, 0.15) is 50.2 Å². The molecule has 2 aromatic rings. The molecule has 1 saturated heterocycles. The van der Waals surface area contributed by atoms with Crippen molar-refractivity contribution in [2.45, 2.75) is 57.2 Å². The van der Waals surface area contributed by atoms with E-state index in [1.165, 1.54) is 13.2 Å². The van der Waals surface area contributed by atoms with E-state index in [1.54, 1.807) is 17.0 Å². The first-order valence-electron chi connectivity index (χ1n) is 13.3. The van der Waals surface area contributed by atoms with Crippen LogP contribution in [0.15, 0.2) is 42.5 Å². The average Bonchev–Trinajstić information content (AvgIpc) is 2.94. The maximum atomic E-state index is 15.5. The summed E-state index contributed by atoms with van der Waals surface area (Å²) in [6.07, 6.45) is 1.04. The van der Waals surface area contributed by atoms with Gasteiger partial charge in [0.05, 0.1) is 12.7 Å². The van der Waals surface area contributed by atoms with Crippen molar-refractivity contribution in [3.63, 3.8) is 0 Å². The number of rotatable bonds is 11. The number of nitrogens with zero attached hydrogens (tertiary/aromatic N) is 1. The molecule has 208 valence electrons. The van der Waals surface area contributed by atoms with Gasteiger partial charge in [-0.1, -0.05) is 43.3 Å². The van der Waals surface area contributed by atoms with Gasteiger partial charge in [0.1, 0.15) is 11.9 Å². The van der Waals surface area contributed by atoms with Crippen molar-refractivity contribution in [3.8, 4) is 11.1 Å². The zero-order chi connectivity index (χ0) is 27.7. The summed E-state index contributed by atoms with van der Waals surface area (Å²) in [4.78, 5) is 26.0. The first-order chi connectivity index (χ1) is 18.2. The predicted octanol–water partition coefficient (Wildman–Crippen LogP) is 3.33. The van der Waals surface area contributed by atoms with Gasteiger partial charge in [0.15, 0.2) is 0 Å². The molecule has 9 heteroatoms. The van der Waals surface area contributed by atoms with Crippen LogP contribution in [0.5, 0.6) is 0 Å². The molecule has 3 atom stereocenters. The number of amides is 2. The van der Waals surface area contributed by atoms with Crippen LogP contribution in [0.3, 0.4) is 0 Å². The molecule has 2 amide bonds. The van der Waals surface area contributed by atoms with E-state index < -0.39 is 35.4 Å². The van der Waals surface area contributed by atoms with E-state index in [-0.39, 0.29) is 32.5 Å². The molecule has 1 heterocycles. The third-order valence-electron chi connectivity index (χ3n) is 7.43. The van der Waals surface area contributed by atoms with Crippen LogP contribution in [0.25, 0.3) is 11.1 Å². The van der Waals surface area contributed by atoms with Crippen LogP contribution in [0, 0.1) is 11.7 Å². The Kier molecular flexibility index (Phi) is 10.6. The van der Waals surface area contributed by atoms with E-state index in [9.17, 15) is 19.8 Å². The van der Waals surface area contributed by atoms with Crippen molar-refractivity contribution in [1.82, 2.24) is 10.2 Å². The fraction of sp³-hybridized carbons (Fsp3) is 0.517. The van der Waals surface area contributed by atoms with E-state index >= 15 is 4.39 Å². The molecule has 1 aliphatic rings. The number of aliphatic hydroxyl groups excluding tert-OH is 1. The monoisotopic (exact) mass is 529 g/mol. The number of hydrogen-bond acceptors (Lipinski definition) is 6. The number of methoxy groups -OCH3 is 1. The van der Waals surface area contributed by atoms with Gasteiger partial charge in [0.25, 0.3) is 5.91 Å². The standard InChI is InChI=1S/C29H40FN3O5/c1-3-20-8-4-9-21(18-20)26-23(11-5-12-24(26)30)29(37,14-7-16-32-28(36)38-2)22-10-6-17-33(19-22)27(35)25(34)13-15-31/h4-5,8-9,11-12,18,22,25,34,37H,3,6-7,10,13-17,19,31H2,1-2H3,(H,32,36)/t22-,25+,29+/m1/s1. The Hall–Kier alpha value is -3.01. The average molecular weight is 530 g/mol. The molecular formula is C29H40FN3O5. The number of halogens is 1. The molecule has 38 heavy (non-hydrogen) atoms. The number of carbonyl (C=O) groups excluding carboxylic acids is 2. The van der Waals surface area contributed by atoms with Crippen LogP contribution in [-0.4, -0.2) is 66.5 Å². The van der Waals surface area contributed by atoms with Gasteiger partial charge < -0.3 is 30.9 Å². The lowest BCUT2D eigenvalue weighted by atomic mass is 9.72. The number of alkyl carbamates (subject to hydrolysis) is 1. The second-order valence-electron chi connectivity index (χ2n) is 9.88. The highest BCUT2D eigenvalue weighted by Crippen LogP contribution is 2.44. The van der Waals surface area contributed by atoms with Gasteiger partial charge >= 0.3 is 6.09 Å². The predicted molar refractivity (Wildman–Crippen MR) is 144 cm³/mol. The summed E-state index contributed by atoms with van der Waals surface area (Å²) in [5.41, 5.74) is 6.53. The van der Waals surface area contributed by atoms with Gasteiger partial charge in [0, 0.05) is 31.1 Å². The lowest BCUT2D eigenvalue weighted by Gasteiger charge is -2.44. The number of nitrogens with one attached hydrogen (secondary N) is 1. The normalized spacial score (nSPS) is 17.9. The largest absolute Gasteiger partial charge is 0.453 e. The minimum absolute atomic E-state index is 0.158. The third kappa shape index (κ3) is 6.89. The summed E-state index contributed by atoms with van der Waals surface area (Å²) in [5, 5.41) is 25.3. The summed E-state index contributed by atoms with van der Waals surface area (Å²) in [5.74, 6) is -1.27. The quantitative estimate of drug-likeness (QED) is 0.331. The molecule has 3 rings (SSSR count). The topological polar surface area (TPSA) is 125 Å². The molecule has 8 nitrogen and oxygen atoms in total. The van der Waals surface area contributed by atoms with Crippen molar-refractivity contribution in [2.75, 3.05) is 33.3 Å². The van der Waals surface area contributed by atoms with Crippen LogP contribution in [0.2, 0.25) is 0 Å². The van der Waals surface area contributed by atoms with Gasteiger partial charge in [-0.2, -0.15) is 0 Å². The van der Waals surface area contributed by atoms with Crippen LogP contribution in [0.4, 0.5) is 9.18 Å². The zero-order valence-electron chi connectivity index (χ0n) is 22.3. The van der Waals surface area contributed by atoms with Gasteiger partial charge in [-0.05, 0) is 67.8 Å². The van der Waals surface area contributed by atoms with Crippen molar-refractivity contribution in [1.29, 1.82) is 0 Å². The summed E-state index contributed by atoms with van der Waals surface area (Å²) in [7, 11) is 1.28. The molecule has 5 N–H and O–H groups in total. The molecule has 0 aliphatic carbocycles. The molecule has 1 fully saturated rings. The van der Waals surface area contributed by atoms with E-state index in [2.05, 4.69) is 10.1 Å². The highest BCUT2D eigenvalue weighted by Gasteiger charge is 2.43. The minimum atomic E-state index is -1.50. The van der Waals surface area contributed by atoms with E-state index in [0.29, 0.717) is 42.5 Å². The highest BCUT2D eigenvalue weighted by molar-refractivity contribution is 5.80. The molecule has 1 aliphatic heterocycles. The summed E-state index contributed by atoms with van der Waals surface area (Å²) < 4.78 is 20.2.